The molecule has 1 fully saturated rings. The molecule has 0 saturated carbocycles. The van der Waals surface area contributed by atoms with Gasteiger partial charge in [0, 0.05) is 18.4 Å². The Morgan fingerprint density at radius 3 is 3.10 bits per heavy atom. The molecule has 1 aromatic heterocycles. The van der Waals surface area contributed by atoms with Crippen molar-refractivity contribution in [2.75, 3.05) is 26.7 Å². The molecule has 0 aliphatic carbocycles. The van der Waals surface area contributed by atoms with Crippen LogP contribution in [0.3, 0.4) is 0 Å². The minimum Gasteiger partial charge on any atom is -0.369 e. The normalized spacial score (nSPS) is 19.4. The standard InChI is InChI=1S/C15H24N4O/c1-19-7-3-5-14(19)13-8-12(9-18-10-13)4-2-6-17-11-15(16)20/h8-10,14,17H,2-7,11H2,1H3,(H2,16,20)/t14-/m0/s1. The molecule has 1 aliphatic rings. The van der Waals surface area contributed by atoms with E-state index in [1.165, 1.54) is 30.5 Å². The largest absolute Gasteiger partial charge is 0.369 e. The Morgan fingerprint density at radius 1 is 1.55 bits per heavy atom. The van der Waals surface area contributed by atoms with Gasteiger partial charge in [0.1, 0.15) is 0 Å². The zero-order chi connectivity index (χ0) is 14.4. The van der Waals surface area contributed by atoms with Crippen LogP contribution in [0, 0.1) is 0 Å². The minimum absolute atomic E-state index is 0.255. The second kappa shape index (κ2) is 7.36. The molecule has 1 amide bonds. The third-order valence-corrected chi connectivity index (χ3v) is 3.84. The van der Waals surface area contributed by atoms with Crippen molar-refractivity contribution in [2.24, 2.45) is 5.73 Å². The lowest BCUT2D eigenvalue weighted by Crippen LogP contribution is -2.29. The SMILES string of the molecule is CN1CCC[C@H]1c1cncc(CCCNCC(N)=O)c1. The molecule has 2 rings (SSSR count). The zero-order valence-electron chi connectivity index (χ0n) is 12.1. The van der Waals surface area contributed by atoms with Crippen LogP contribution in [0.5, 0.6) is 0 Å². The number of hydrogen-bond donors (Lipinski definition) is 2. The lowest BCUT2D eigenvalue weighted by molar-refractivity contribution is -0.117. The Labute approximate surface area is 120 Å². The van der Waals surface area contributed by atoms with Gasteiger partial charge in [0.25, 0.3) is 0 Å². The molecule has 1 aliphatic heterocycles. The van der Waals surface area contributed by atoms with E-state index in [9.17, 15) is 4.79 Å². The second-order valence-corrected chi connectivity index (χ2v) is 5.51. The fourth-order valence-corrected chi connectivity index (χ4v) is 2.79. The Kier molecular flexibility index (Phi) is 5.49. The third kappa shape index (κ3) is 4.28. The average molecular weight is 276 g/mol. The summed E-state index contributed by atoms with van der Waals surface area (Å²) >= 11 is 0. The molecule has 1 saturated heterocycles. The molecule has 0 spiro atoms. The quantitative estimate of drug-likeness (QED) is 0.725. The molecule has 0 bridgehead atoms. The number of carbonyl (C=O) groups is 1. The van der Waals surface area contributed by atoms with Crippen LogP contribution < -0.4 is 11.1 Å². The molecule has 5 nitrogen and oxygen atoms in total. The van der Waals surface area contributed by atoms with Crippen molar-refractivity contribution in [1.29, 1.82) is 0 Å². The first-order valence-electron chi connectivity index (χ1n) is 7.30. The van der Waals surface area contributed by atoms with E-state index in [-0.39, 0.29) is 12.5 Å². The number of rotatable bonds is 7. The number of nitrogens with one attached hydrogen (secondary N) is 1. The highest BCUT2D eigenvalue weighted by molar-refractivity contribution is 5.75. The maximum atomic E-state index is 10.6. The van der Waals surface area contributed by atoms with Gasteiger partial charge in [0.2, 0.25) is 5.91 Å². The topological polar surface area (TPSA) is 71.2 Å². The fourth-order valence-electron chi connectivity index (χ4n) is 2.79. The van der Waals surface area contributed by atoms with Gasteiger partial charge < -0.3 is 11.1 Å². The van der Waals surface area contributed by atoms with Gasteiger partial charge in [-0.15, -0.1) is 0 Å². The van der Waals surface area contributed by atoms with Gasteiger partial charge in [-0.25, -0.2) is 0 Å². The Bertz CT molecular complexity index is 449. The Balaban J connectivity index is 1.82. The van der Waals surface area contributed by atoms with E-state index in [0.29, 0.717) is 6.04 Å². The molecule has 2 heterocycles. The number of hydrogen-bond acceptors (Lipinski definition) is 4. The van der Waals surface area contributed by atoms with Gasteiger partial charge in [-0.05, 0) is 56.9 Å². The molecule has 5 heteroatoms. The third-order valence-electron chi connectivity index (χ3n) is 3.84. The van der Waals surface area contributed by atoms with Gasteiger partial charge >= 0.3 is 0 Å². The molecule has 3 N–H and O–H groups in total. The lowest BCUT2D eigenvalue weighted by atomic mass is 10.0. The fraction of sp³-hybridized carbons (Fsp3) is 0.600. The van der Waals surface area contributed by atoms with Crippen molar-refractivity contribution < 1.29 is 4.79 Å². The highest BCUT2D eigenvalue weighted by atomic mass is 16.1. The molecular weight excluding hydrogens is 252 g/mol. The van der Waals surface area contributed by atoms with Crippen LogP contribution in [0.15, 0.2) is 18.5 Å². The summed E-state index contributed by atoms with van der Waals surface area (Å²) in [4.78, 5) is 17.4. The maximum Gasteiger partial charge on any atom is 0.231 e. The van der Waals surface area contributed by atoms with Crippen LogP contribution in [0.1, 0.15) is 36.4 Å². The second-order valence-electron chi connectivity index (χ2n) is 5.51. The summed E-state index contributed by atoms with van der Waals surface area (Å²) in [7, 11) is 2.18. The van der Waals surface area contributed by atoms with Crippen molar-refractivity contribution in [1.82, 2.24) is 15.2 Å². The van der Waals surface area contributed by atoms with E-state index in [0.717, 1.165) is 19.4 Å². The average Bonchev–Trinajstić information content (AvgIpc) is 2.85. The number of nitrogens with zero attached hydrogens (tertiary/aromatic N) is 2. The summed E-state index contributed by atoms with van der Waals surface area (Å²) in [6.07, 6.45) is 8.38. The van der Waals surface area contributed by atoms with Gasteiger partial charge in [0.05, 0.1) is 6.54 Å². The monoisotopic (exact) mass is 276 g/mol. The lowest BCUT2D eigenvalue weighted by Gasteiger charge is -2.19. The van der Waals surface area contributed by atoms with Gasteiger partial charge in [-0.1, -0.05) is 6.07 Å². The van der Waals surface area contributed by atoms with Crippen molar-refractivity contribution in [2.45, 2.75) is 31.7 Å². The summed E-state index contributed by atoms with van der Waals surface area (Å²) in [5, 5.41) is 3.03. The number of likely N-dealkylation sites (tertiary alicyclic amines) is 1. The predicted molar refractivity (Wildman–Crippen MR) is 79.2 cm³/mol. The van der Waals surface area contributed by atoms with E-state index in [1.54, 1.807) is 0 Å². The summed E-state index contributed by atoms with van der Waals surface area (Å²) in [5.41, 5.74) is 7.67. The molecule has 1 aromatic rings. The van der Waals surface area contributed by atoms with E-state index in [2.05, 4.69) is 28.3 Å². The highest BCUT2D eigenvalue weighted by Crippen LogP contribution is 2.30. The van der Waals surface area contributed by atoms with Crippen LogP contribution in [-0.2, 0) is 11.2 Å². The molecule has 0 unspecified atom stereocenters. The molecular formula is C15H24N4O. The molecule has 20 heavy (non-hydrogen) atoms. The highest BCUT2D eigenvalue weighted by Gasteiger charge is 2.22. The van der Waals surface area contributed by atoms with Gasteiger partial charge in [-0.3, -0.25) is 14.7 Å². The van der Waals surface area contributed by atoms with E-state index >= 15 is 0 Å². The van der Waals surface area contributed by atoms with E-state index in [1.807, 2.05) is 12.4 Å². The number of carbonyl (C=O) groups excluding carboxylic acids is 1. The number of amides is 1. The summed E-state index contributed by atoms with van der Waals surface area (Å²) < 4.78 is 0. The predicted octanol–water partition coefficient (Wildman–Crippen LogP) is 0.856. The van der Waals surface area contributed by atoms with Gasteiger partial charge in [0.15, 0.2) is 0 Å². The number of primary amides is 1. The Morgan fingerprint density at radius 2 is 2.40 bits per heavy atom. The van der Waals surface area contributed by atoms with Crippen LogP contribution in [-0.4, -0.2) is 42.5 Å². The van der Waals surface area contributed by atoms with Crippen molar-refractivity contribution >= 4 is 5.91 Å². The summed E-state index contributed by atoms with van der Waals surface area (Å²) in [6.45, 7) is 2.23. The first kappa shape index (κ1) is 14.9. The van der Waals surface area contributed by atoms with Crippen molar-refractivity contribution in [3.8, 4) is 0 Å². The van der Waals surface area contributed by atoms with E-state index in [4.69, 9.17) is 5.73 Å². The maximum absolute atomic E-state index is 10.6. The number of nitrogens with two attached hydrogens (primary N) is 1. The first-order valence-corrected chi connectivity index (χ1v) is 7.30. The van der Waals surface area contributed by atoms with Crippen LogP contribution in [0.2, 0.25) is 0 Å². The molecule has 0 radical (unpaired) electrons. The van der Waals surface area contributed by atoms with Crippen molar-refractivity contribution in [3.63, 3.8) is 0 Å². The Hall–Kier alpha value is -1.46. The molecule has 1 atom stereocenters. The van der Waals surface area contributed by atoms with E-state index < -0.39 is 0 Å². The van der Waals surface area contributed by atoms with Crippen LogP contribution in [0.4, 0.5) is 0 Å². The number of aromatic nitrogens is 1. The number of pyridine rings is 1. The number of aryl methyl sites for hydroxylation is 1. The summed E-state index contributed by atoms with van der Waals surface area (Å²) in [6, 6.07) is 2.79. The van der Waals surface area contributed by atoms with Crippen LogP contribution in [0.25, 0.3) is 0 Å². The van der Waals surface area contributed by atoms with Crippen LogP contribution >= 0.6 is 0 Å². The summed E-state index contributed by atoms with van der Waals surface area (Å²) in [5.74, 6) is -0.307. The van der Waals surface area contributed by atoms with Gasteiger partial charge in [-0.2, -0.15) is 0 Å². The zero-order valence-corrected chi connectivity index (χ0v) is 12.1. The first-order chi connectivity index (χ1) is 9.66. The minimum atomic E-state index is -0.307. The smallest absolute Gasteiger partial charge is 0.231 e. The van der Waals surface area contributed by atoms with Crippen molar-refractivity contribution in [3.05, 3.63) is 29.6 Å². The molecule has 0 aromatic carbocycles. The molecule has 110 valence electrons.